The summed E-state index contributed by atoms with van der Waals surface area (Å²) in [6.45, 7) is 4.20. The number of quaternary nitrogens is 1. The molecule has 0 heterocycles. The van der Waals surface area contributed by atoms with Gasteiger partial charge in [-0.25, -0.2) is 0 Å². The van der Waals surface area contributed by atoms with Gasteiger partial charge in [0.15, 0.2) is 6.10 Å². The molecule has 10 heteroatoms. The number of unbranched alkanes of at least 4 members (excludes halogenated alkanes) is 22. The Morgan fingerprint density at radius 2 is 0.944 bits per heavy atom. The Morgan fingerprint density at radius 3 is 1.37 bits per heavy atom. The predicted molar refractivity (Wildman–Crippen MR) is 222 cm³/mol. The predicted octanol–water partition coefficient (Wildman–Crippen LogP) is 11.7. The number of rotatable bonds is 40. The van der Waals surface area contributed by atoms with E-state index in [2.05, 4.69) is 38.2 Å². The van der Waals surface area contributed by atoms with Gasteiger partial charge in [0, 0.05) is 12.8 Å². The zero-order chi connectivity index (χ0) is 40.0. The lowest BCUT2D eigenvalue weighted by molar-refractivity contribution is -0.870. The summed E-state index contributed by atoms with van der Waals surface area (Å²) in [5.41, 5.74) is 0. The first kappa shape index (κ1) is 52.5. The molecule has 0 N–H and O–H groups in total. The first-order chi connectivity index (χ1) is 26.0. The van der Waals surface area contributed by atoms with E-state index in [0.717, 1.165) is 70.6 Å². The van der Waals surface area contributed by atoms with Crippen molar-refractivity contribution in [3.05, 3.63) is 24.3 Å². The van der Waals surface area contributed by atoms with Crippen LogP contribution in [0.1, 0.15) is 194 Å². The molecule has 0 aliphatic rings. The number of hydrogen-bond donors (Lipinski definition) is 0. The number of allylic oxidation sites excluding steroid dienone is 4. The minimum absolute atomic E-state index is 0.0326. The molecule has 0 aliphatic carbocycles. The Morgan fingerprint density at radius 1 is 0.556 bits per heavy atom. The van der Waals surface area contributed by atoms with E-state index >= 15 is 0 Å². The van der Waals surface area contributed by atoms with Crippen molar-refractivity contribution in [3.63, 3.8) is 0 Å². The molecule has 0 aromatic heterocycles. The van der Waals surface area contributed by atoms with Crippen LogP contribution in [0.4, 0.5) is 0 Å². The van der Waals surface area contributed by atoms with E-state index < -0.39 is 32.5 Å². The highest BCUT2D eigenvalue weighted by Crippen LogP contribution is 2.38. The van der Waals surface area contributed by atoms with E-state index in [9.17, 15) is 19.0 Å². The smallest absolute Gasteiger partial charge is 0.306 e. The minimum Gasteiger partial charge on any atom is -0.756 e. The lowest BCUT2D eigenvalue weighted by Gasteiger charge is -2.28. The third-order valence-corrected chi connectivity index (χ3v) is 10.4. The van der Waals surface area contributed by atoms with Gasteiger partial charge in [0.1, 0.15) is 19.8 Å². The van der Waals surface area contributed by atoms with E-state index in [-0.39, 0.29) is 26.1 Å². The van der Waals surface area contributed by atoms with Crippen LogP contribution in [0.2, 0.25) is 0 Å². The largest absolute Gasteiger partial charge is 0.756 e. The second kappa shape index (κ2) is 37.1. The van der Waals surface area contributed by atoms with Crippen LogP contribution in [0.5, 0.6) is 0 Å². The Balaban J connectivity index is 4.38. The summed E-state index contributed by atoms with van der Waals surface area (Å²) >= 11 is 0. The van der Waals surface area contributed by atoms with Gasteiger partial charge in [-0.05, 0) is 64.2 Å². The number of likely N-dealkylation sites (N-methyl/N-ethyl adjacent to an activating group) is 1. The molecule has 0 aromatic rings. The fraction of sp³-hybridized carbons (Fsp3) is 0.864. The second-order valence-electron chi connectivity index (χ2n) is 16.1. The van der Waals surface area contributed by atoms with E-state index in [0.29, 0.717) is 17.4 Å². The molecule has 0 aromatic carbocycles. The number of phosphoric acid groups is 1. The molecule has 0 amide bonds. The maximum Gasteiger partial charge on any atom is 0.306 e. The molecule has 0 spiro atoms. The standard InChI is InChI=1S/C44H84NO8P/c1-6-8-10-12-14-16-18-20-22-24-26-28-30-32-34-36-43(46)50-40-42(41-52-54(48,49)51-39-38-45(3,4)5)53-44(47)37-35-33-31-29-27-25-23-21-19-17-15-13-11-9-7-2/h20-23,42H,6-19,24-41H2,1-5H3/b22-20+,23-21+. The van der Waals surface area contributed by atoms with E-state index in [1.165, 1.54) is 89.9 Å². The molecule has 2 unspecified atom stereocenters. The van der Waals surface area contributed by atoms with Crippen LogP contribution in [0.3, 0.4) is 0 Å². The lowest BCUT2D eigenvalue weighted by Crippen LogP contribution is -2.37. The lowest BCUT2D eigenvalue weighted by atomic mass is 10.1. The number of hydrogen-bond acceptors (Lipinski definition) is 8. The Kier molecular flexibility index (Phi) is 36.1. The molecule has 318 valence electrons. The minimum atomic E-state index is -4.62. The van der Waals surface area contributed by atoms with Crippen LogP contribution in [-0.2, 0) is 32.7 Å². The topological polar surface area (TPSA) is 111 Å². The fourth-order valence-electron chi connectivity index (χ4n) is 5.94. The maximum absolute atomic E-state index is 12.7. The van der Waals surface area contributed by atoms with Crippen LogP contribution in [0, 0.1) is 0 Å². The summed E-state index contributed by atoms with van der Waals surface area (Å²) < 4.78 is 33.9. The average Bonchev–Trinajstić information content (AvgIpc) is 3.12. The van der Waals surface area contributed by atoms with Gasteiger partial charge in [0.2, 0.25) is 0 Å². The summed E-state index contributed by atoms with van der Waals surface area (Å²) in [4.78, 5) is 37.5. The van der Waals surface area contributed by atoms with Gasteiger partial charge in [-0.1, -0.05) is 141 Å². The SMILES string of the molecule is CCCCCCCC/C=C/CCCCCCCC(=O)OCC(COP(=O)([O-])OCC[N+](C)(C)C)OC(=O)CCCCCCC/C=C/CCCCCCCC. The molecule has 0 bridgehead atoms. The molecule has 0 saturated heterocycles. The summed E-state index contributed by atoms with van der Waals surface area (Å²) in [6.07, 6.45) is 39.1. The van der Waals surface area contributed by atoms with Crippen LogP contribution in [0.25, 0.3) is 0 Å². The normalized spacial score (nSPS) is 13.8. The van der Waals surface area contributed by atoms with Gasteiger partial charge in [-0.3, -0.25) is 14.2 Å². The number of nitrogens with zero attached hydrogens (tertiary/aromatic N) is 1. The van der Waals surface area contributed by atoms with Crippen molar-refractivity contribution in [3.8, 4) is 0 Å². The van der Waals surface area contributed by atoms with Gasteiger partial charge < -0.3 is 27.9 Å². The summed E-state index contributed by atoms with van der Waals surface area (Å²) in [5, 5.41) is 0. The molecule has 0 radical (unpaired) electrons. The van der Waals surface area contributed by atoms with Crippen molar-refractivity contribution in [2.45, 2.75) is 200 Å². The Hall–Kier alpha value is -1.51. The number of ether oxygens (including phenoxy) is 2. The summed E-state index contributed by atoms with van der Waals surface area (Å²) in [5.74, 6) is -0.850. The number of phosphoric ester groups is 1. The summed E-state index contributed by atoms with van der Waals surface area (Å²) in [6, 6.07) is 0. The Labute approximate surface area is 332 Å². The summed E-state index contributed by atoms with van der Waals surface area (Å²) in [7, 11) is 1.16. The van der Waals surface area contributed by atoms with Gasteiger partial charge >= 0.3 is 11.9 Å². The number of carbonyl (C=O) groups excluding carboxylic acids is 2. The Bertz CT molecular complexity index is 980. The second-order valence-corrected chi connectivity index (χ2v) is 17.5. The van der Waals surface area contributed by atoms with Crippen molar-refractivity contribution >= 4 is 19.8 Å². The van der Waals surface area contributed by atoms with E-state index in [1.807, 2.05) is 21.1 Å². The maximum atomic E-state index is 12.7. The van der Waals surface area contributed by atoms with E-state index in [1.54, 1.807) is 0 Å². The number of esters is 2. The monoisotopic (exact) mass is 786 g/mol. The third kappa shape index (κ3) is 40.2. The molecular weight excluding hydrogens is 701 g/mol. The fourth-order valence-corrected chi connectivity index (χ4v) is 6.67. The number of carbonyl (C=O) groups is 2. The van der Waals surface area contributed by atoms with Gasteiger partial charge in [0.05, 0.1) is 27.7 Å². The van der Waals surface area contributed by atoms with Crippen molar-refractivity contribution in [2.24, 2.45) is 0 Å². The van der Waals surface area contributed by atoms with Crippen molar-refractivity contribution < 1.29 is 42.1 Å². The highest BCUT2D eigenvalue weighted by molar-refractivity contribution is 7.45. The zero-order valence-electron chi connectivity index (χ0n) is 35.7. The molecule has 54 heavy (non-hydrogen) atoms. The zero-order valence-corrected chi connectivity index (χ0v) is 36.6. The van der Waals surface area contributed by atoms with Crippen LogP contribution in [-0.4, -0.2) is 70.0 Å². The molecule has 0 fully saturated rings. The molecule has 0 aliphatic heterocycles. The first-order valence-corrected chi connectivity index (χ1v) is 23.5. The molecular formula is C44H84NO8P. The first-order valence-electron chi connectivity index (χ1n) is 22.0. The average molecular weight is 786 g/mol. The van der Waals surface area contributed by atoms with Gasteiger partial charge in [0.25, 0.3) is 7.82 Å². The third-order valence-electron chi connectivity index (χ3n) is 9.44. The van der Waals surface area contributed by atoms with Crippen LogP contribution in [0.15, 0.2) is 24.3 Å². The van der Waals surface area contributed by atoms with Gasteiger partial charge in [-0.2, -0.15) is 0 Å². The van der Waals surface area contributed by atoms with Crippen molar-refractivity contribution in [2.75, 3.05) is 47.5 Å². The highest BCUT2D eigenvalue weighted by Gasteiger charge is 2.21. The molecule has 0 rings (SSSR count). The van der Waals surface area contributed by atoms with Crippen LogP contribution < -0.4 is 4.89 Å². The van der Waals surface area contributed by atoms with Crippen molar-refractivity contribution in [1.29, 1.82) is 0 Å². The molecule has 9 nitrogen and oxygen atoms in total. The van der Waals surface area contributed by atoms with Gasteiger partial charge in [-0.15, -0.1) is 0 Å². The highest BCUT2D eigenvalue weighted by atomic mass is 31.2. The van der Waals surface area contributed by atoms with E-state index in [4.69, 9.17) is 18.5 Å². The quantitative estimate of drug-likeness (QED) is 0.0198. The van der Waals surface area contributed by atoms with Crippen molar-refractivity contribution in [1.82, 2.24) is 0 Å². The molecule has 0 saturated carbocycles. The molecule has 2 atom stereocenters. The van der Waals surface area contributed by atoms with Crippen LogP contribution >= 0.6 is 7.82 Å².